The Kier molecular flexibility index (Phi) is 1.74. The molecule has 1 aliphatic rings. The number of sulfone groups is 1. The van der Waals surface area contributed by atoms with Crippen LogP contribution in [-0.2, 0) is 9.84 Å². The van der Waals surface area contributed by atoms with E-state index in [1.54, 1.807) is 0 Å². The summed E-state index contributed by atoms with van der Waals surface area (Å²) in [6.45, 7) is 0. The molecule has 1 saturated carbocycles. The molecule has 0 bridgehead atoms. The van der Waals surface area contributed by atoms with Crippen molar-refractivity contribution in [2.75, 3.05) is 11.5 Å². The second kappa shape index (κ2) is 2.58. The second-order valence-electron chi connectivity index (χ2n) is 3.01. The highest BCUT2D eigenvalue weighted by molar-refractivity contribution is 7.92. The summed E-state index contributed by atoms with van der Waals surface area (Å²) >= 11 is 0.927. The molecule has 0 aromatic carbocycles. The van der Waals surface area contributed by atoms with Crippen LogP contribution in [0, 0.1) is 0 Å². The van der Waals surface area contributed by atoms with Crippen LogP contribution in [0.2, 0.25) is 0 Å². The maximum absolute atomic E-state index is 11.7. The fourth-order valence-corrected chi connectivity index (χ4v) is 3.84. The summed E-state index contributed by atoms with van der Waals surface area (Å²) in [4.78, 5) is 0.0417. The molecule has 2 rings (SSSR count). The van der Waals surface area contributed by atoms with E-state index in [0.29, 0.717) is 12.8 Å². The van der Waals surface area contributed by atoms with Gasteiger partial charge in [0, 0.05) is 0 Å². The molecule has 4 N–H and O–H groups in total. The van der Waals surface area contributed by atoms with E-state index in [4.69, 9.17) is 11.5 Å². The van der Waals surface area contributed by atoms with Gasteiger partial charge in [-0.05, 0) is 24.4 Å². The first-order valence-electron chi connectivity index (χ1n) is 3.78. The number of anilines is 2. The summed E-state index contributed by atoms with van der Waals surface area (Å²) < 4.78 is 27.1. The van der Waals surface area contributed by atoms with Gasteiger partial charge in [-0.1, -0.05) is 0 Å². The molecule has 13 heavy (non-hydrogen) atoms. The van der Waals surface area contributed by atoms with E-state index in [9.17, 15) is 8.42 Å². The number of aromatic nitrogens is 1. The first-order valence-corrected chi connectivity index (χ1v) is 6.10. The summed E-state index contributed by atoms with van der Waals surface area (Å²) in [5.74, 6) is 0.0365. The summed E-state index contributed by atoms with van der Waals surface area (Å²) in [6, 6.07) is 0. The minimum Gasteiger partial charge on any atom is -0.388 e. The second-order valence-corrected chi connectivity index (χ2v) is 5.98. The Bertz CT molecular complexity index is 413. The molecule has 1 aromatic heterocycles. The summed E-state index contributed by atoms with van der Waals surface area (Å²) in [6.07, 6.45) is 1.41. The van der Waals surface area contributed by atoms with Gasteiger partial charge in [0.25, 0.3) is 0 Å². The van der Waals surface area contributed by atoms with Crippen LogP contribution < -0.4 is 11.5 Å². The standard InChI is InChI=1S/C6H9N3O2S2/c7-5-4(6(8)12-9-5)13(10,11)3-1-2-3/h3H,1-2,8H2,(H2,7,9). The van der Waals surface area contributed by atoms with Gasteiger partial charge in [-0.3, -0.25) is 0 Å². The van der Waals surface area contributed by atoms with Gasteiger partial charge < -0.3 is 11.5 Å². The molecule has 0 atom stereocenters. The predicted molar refractivity (Wildman–Crippen MR) is 51.1 cm³/mol. The Hall–Kier alpha value is -0.820. The molecule has 72 valence electrons. The predicted octanol–water partition coefficient (Wildman–Crippen LogP) is 0.244. The van der Waals surface area contributed by atoms with Crippen molar-refractivity contribution in [2.24, 2.45) is 0 Å². The van der Waals surface area contributed by atoms with Crippen molar-refractivity contribution in [3.05, 3.63) is 0 Å². The first-order chi connectivity index (χ1) is 6.03. The molecule has 5 nitrogen and oxygen atoms in total. The Balaban J connectivity index is 2.56. The molecule has 0 aliphatic heterocycles. The van der Waals surface area contributed by atoms with Gasteiger partial charge >= 0.3 is 0 Å². The third-order valence-electron chi connectivity index (χ3n) is 1.95. The number of nitrogens with zero attached hydrogens (tertiary/aromatic N) is 1. The van der Waals surface area contributed by atoms with Gasteiger partial charge in [0.2, 0.25) is 0 Å². The normalized spacial score (nSPS) is 17.5. The molecule has 1 fully saturated rings. The lowest BCUT2D eigenvalue weighted by Crippen LogP contribution is -2.10. The molecule has 1 heterocycles. The quantitative estimate of drug-likeness (QED) is 0.742. The lowest BCUT2D eigenvalue weighted by molar-refractivity contribution is 0.595. The van der Waals surface area contributed by atoms with Gasteiger partial charge in [0.05, 0.1) is 5.25 Å². The molecule has 0 saturated heterocycles. The van der Waals surface area contributed by atoms with E-state index in [0.717, 1.165) is 11.5 Å². The maximum atomic E-state index is 11.7. The average Bonchev–Trinajstić information content (AvgIpc) is 2.79. The number of nitrogen functional groups attached to an aromatic ring is 2. The van der Waals surface area contributed by atoms with Crippen molar-refractivity contribution >= 4 is 32.2 Å². The lowest BCUT2D eigenvalue weighted by atomic mass is 10.6. The smallest absolute Gasteiger partial charge is 0.187 e. The number of nitrogens with two attached hydrogens (primary N) is 2. The molecule has 0 unspecified atom stereocenters. The van der Waals surface area contributed by atoms with Crippen molar-refractivity contribution in [3.8, 4) is 0 Å². The molecule has 0 radical (unpaired) electrons. The maximum Gasteiger partial charge on any atom is 0.187 e. The molecule has 0 amide bonds. The average molecular weight is 219 g/mol. The summed E-state index contributed by atoms with van der Waals surface area (Å²) in [5, 5.41) is -0.0853. The van der Waals surface area contributed by atoms with Gasteiger partial charge in [-0.15, -0.1) is 0 Å². The highest BCUT2D eigenvalue weighted by Gasteiger charge is 2.40. The SMILES string of the molecule is Nc1nsc(N)c1S(=O)(=O)C1CC1. The topological polar surface area (TPSA) is 99.1 Å². The van der Waals surface area contributed by atoms with E-state index in [1.165, 1.54) is 0 Å². The third kappa shape index (κ3) is 1.28. The number of hydrogen-bond acceptors (Lipinski definition) is 6. The molecule has 1 aliphatic carbocycles. The zero-order valence-corrected chi connectivity index (χ0v) is 8.36. The van der Waals surface area contributed by atoms with Gasteiger partial charge in [0.1, 0.15) is 9.90 Å². The van der Waals surface area contributed by atoms with Crippen LogP contribution >= 0.6 is 11.5 Å². The van der Waals surface area contributed by atoms with Crippen LogP contribution in [0.5, 0.6) is 0 Å². The van der Waals surface area contributed by atoms with E-state index in [2.05, 4.69) is 4.37 Å². The fourth-order valence-electron chi connectivity index (χ4n) is 1.14. The molecular weight excluding hydrogens is 210 g/mol. The highest BCUT2D eigenvalue weighted by Crippen LogP contribution is 2.39. The fraction of sp³-hybridized carbons (Fsp3) is 0.500. The lowest BCUT2D eigenvalue weighted by Gasteiger charge is -2.00. The Morgan fingerprint density at radius 2 is 2.00 bits per heavy atom. The highest BCUT2D eigenvalue weighted by atomic mass is 32.2. The number of rotatable bonds is 2. The summed E-state index contributed by atoms with van der Waals surface area (Å²) in [7, 11) is -3.29. The van der Waals surface area contributed by atoms with Gasteiger partial charge in [0.15, 0.2) is 15.7 Å². The van der Waals surface area contributed by atoms with E-state index in [1.807, 2.05) is 0 Å². The number of hydrogen-bond donors (Lipinski definition) is 2. The molecule has 0 spiro atoms. The Morgan fingerprint density at radius 3 is 2.38 bits per heavy atom. The van der Waals surface area contributed by atoms with Crippen LogP contribution in [0.1, 0.15) is 12.8 Å². The zero-order chi connectivity index (χ0) is 9.64. The van der Waals surface area contributed by atoms with Gasteiger partial charge in [-0.25, -0.2) is 8.42 Å². The minimum absolute atomic E-state index is 0.0365. The zero-order valence-electron chi connectivity index (χ0n) is 6.73. The van der Waals surface area contributed by atoms with Crippen molar-refractivity contribution in [2.45, 2.75) is 23.0 Å². The van der Waals surface area contributed by atoms with Crippen LogP contribution in [0.25, 0.3) is 0 Å². The minimum atomic E-state index is -3.29. The Labute approximate surface area is 79.8 Å². The van der Waals surface area contributed by atoms with Crippen molar-refractivity contribution in [3.63, 3.8) is 0 Å². The van der Waals surface area contributed by atoms with Crippen molar-refractivity contribution in [1.82, 2.24) is 4.37 Å². The van der Waals surface area contributed by atoms with E-state index >= 15 is 0 Å². The van der Waals surface area contributed by atoms with E-state index in [-0.39, 0.29) is 21.0 Å². The van der Waals surface area contributed by atoms with Crippen LogP contribution in [0.3, 0.4) is 0 Å². The van der Waals surface area contributed by atoms with Crippen LogP contribution in [0.4, 0.5) is 10.8 Å². The van der Waals surface area contributed by atoms with Gasteiger partial charge in [-0.2, -0.15) is 4.37 Å². The monoisotopic (exact) mass is 219 g/mol. The molecular formula is C6H9N3O2S2. The Morgan fingerprint density at radius 1 is 1.38 bits per heavy atom. The molecule has 1 aromatic rings. The molecule has 7 heteroatoms. The van der Waals surface area contributed by atoms with Crippen molar-refractivity contribution < 1.29 is 8.42 Å². The van der Waals surface area contributed by atoms with Crippen LogP contribution in [-0.4, -0.2) is 18.0 Å². The summed E-state index contributed by atoms with van der Waals surface area (Å²) in [5.41, 5.74) is 10.9. The third-order valence-corrected chi connectivity index (χ3v) is 5.11. The first kappa shape index (κ1) is 8.76. The largest absolute Gasteiger partial charge is 0.388 e. The van der Waals surface area contributed by atoms with Crippen molar-refractivity contribution in [1.29, 1.82) is 0 Å². The van der Waals surface area contributed by atoms with E-state index < -0.39 is 9.84 Å². The van der Waals surface area contributed by atoms with Crippen LogP contribution in [0.15, 0.2) is 4.90 Å².